The third-order valence-corrected chi connectivity index (χ3v) is 4.57. The standard InChI is InChI=1S/C16H18N2S/c1-12-7-8-19-16(12)10-17-9-13-11-18(2)15-6-4-3-5-14(13)15/h3-8,11,17H,9-10H2,1-2H3. The van der Waals surface area contributed by atoms with Gasteiger partial charge in [0.05, 0.1) is 0 Å². The Hall–Kier alpha value is -1.58. The van der Waals surface area contributed by atoms with Crippen molar-refractivity contribution in [1.82, 2.24) is 9.88 Å². The fraction of sp³-hybridized carbons (Fsp3) is 0.250. The average Bonchev–Trinajstić information content (AvgIpc) is 2.96. The molecule has 0 saturated carbocycles. The van der Waals surface area contributed by atoms with Crippen LogP contribution in [0.2, 0.25) is 0 Å². The summed E-state index contributed by atoms with van der Waals surface area (Å²) in [6.45, 7) is 4.04. The third kappa shape index (κ3) is 2.44. The van der Waals surface area contributed by atoms with Gasteiger partial charge in [0.1, 0.15) is 0 Å². The quantitative estimate of drug-likeness (QED) is 0.762. The number of para-hydroxylation sites is 1. The van der Waals surface area contributed by atoms with Crippen molar-refractivity contribution < 1.29 is 0 Å². The van der Waals surface area contributed by atoms with Gasteiger partial charge in [0, 0.05) is 42.1 Å². The Kier molecular flexibility index (Phi) is 3.40. The largest absolute Gasteiger partial charge is 0.350 e. The van der Waals surface area contributed by atoms with Crippen molar-refractivity contribution in [3.05, 3.63) is 57.9 Å². The fourth-order valence-corrected chi connectivity index (χ4v) is 3.34. The Morgan fingerprint density at radius 3 is 2.79 bits per heavy atom. The summed E-state index contributed by atoms with van der Waals surface area (Å²) in [6, 6.07) is 10.7. The lowest BCUT2D eigenvalue weighted by atomic mass is 10.2. The first-order valence-electron chi connectivity index (χ1n) is 6.52. The van der Waals surface area contributed by atoms with Gasteiger partial charge in [-0.3, -0.25) is 0 Å². The van der Waals surface area contributed by atoms with Crippen LogP contribution in [0, 0.1) is 6.92 Å². The van der Waals surface area contributed by atoms with Crippen LogP contribution in [0.3, 0.4) is 0 Å². The zero-order chi connectivity index (χ0) is 13.2. The summed E-state index contributed by atoms with van der Waals surface area (Å²) in [4.78, 5) is 1.43. The van der Waals surface area contributed by atoms with Crippen LogP contribution in [0.5, 0.6) is 0 Å². The maximum atomic E-state index is 3.55. The number of nitrogens with one attached hydrogen (secondary N) is 1. The second-order valence-corrected chi connectivity index (χ2v) is 5.91. The van der Waals surface area contributed by atoms with E-state index in [2.05, 4.69) is 65.8 Å². The topological polar surface area (TPSA) is 17.0 Å². The molecule has 3 aromatic rings. The Labute approximate surface area is 117 Å². The molecule has 3 rings (SSSR count). The number of hydrogen-bond donors (Lipinski definition) is 1. The molecule has 0 atom stereocenters. The minimum Gasteiger partial charge on any atom is -0.350 e. The summed E-state index contributed by atoms with van der Waals surface area (Å²) in [6.07, 6.45) is 2.22. The van der Waals surface area contributed by atoms with E-state index in [9.17, 15) is 0 Å². The van der Waals surface area contributed by atoms with Crippen molar-refractivity contribution in [3.8, 4) is 0 Å². The van der Waals surface area contributed by atoms with Crippen molar-refractivity contribution in [2.24, 2.45) is 7.05 Å². The Balaban J connectivity index is 1.74. The molecule has 2 aromatic heterocycles. The minimum absolute atomic E-state index is 0.915. The van der Waals surface area contributed by atoms with Crippen molar-refractivity contribution in [2.45, 2.75) is 20.0 Å². The number of fused-ring (bicyclic) bond motifs is 1. The highest BCUT2D eigenvalue weighted by molar-refractivity contribution is 7.10. The van der Waals surface area contributed by atoms with E-state index in [0.29, 0.717) is 0 Å². The molecule has 0 saturated heterocycles. The number of aryl methyl sites for hydroxylation is 2. The highest BCUT2D eigenvalue weighted by Crippen LogP contribution is 2.20. The van der Waals surface area contributed by atoms with E-state index in [1.54, 1.807) is 0 Å². The van der Waals surface area contributed by atoms with Crippen molar-refractivity contribution >= 4 is 22.2 Å². The maximum absolute atomic E-state index is 3.55. The number of nitrogens with zero attached hydrogens (tertiary/aromatic N) is 1. The molecule has 0 radical (unpaired) electrons. The van der Waals surface area contributed by atoms with Gasteiger partial charge in [-0.15, -0.1) is 11.3 Å². The summed E-state index contributed by atoms with van der Waals surface area (Å²) in [5.41, 5.74) is 4.05. The number of aromatic nitrogens is 1. The van der Waals surface area contributed by atoms with Crippen molar-refractivity contribution in [2.75, 3.05) is 0 Å². The second kappa shape index (κ2) is 5.19. The van der Waals surface area contributed by atoms with Gasteiger partial charge in [0.25, 0.3) is 0 Å². The van der Waals surface area contributed by atoms with Crippen LogP contribution < -0.4 is 5.32 Å². The maximum Gasteiger partial charge on any atom is 0.0481 e. The van der Waals surface area contributed by atoms with E-state index in [0.717, 1.165) is 13.1 Å². The molecule has 1 aromatic carbocycles. The highest BCUT2D eigenvalue weighted by atomic mass is 32.1. The fourth-order valence-electron chi connectivity index (χ4n) is 2.46. The number of thiophene rings is 1. The molecule has 1 N–H and O–H groups in total. The highest BCUT2D eigenvalue weighted by Gasteiger charge is 2.05. The van der Waals surface area contributed by atoms with E-state index >= 15 is 0 Å². The summed E-state index contributed by atoms with van der Waals surface area (Å²) < 4.78 is 2.20. The van der Waals surface area contributed by atoms with Crippen LogP contribution >= 0.6 is 11.3 Å². The van der Waals surface area contributed by atoms with E-state index in [1.807, 2.05) is 11.3 Å². The zero-order valence-electron chi connectivity index (χ0n) is 11.3. The van der Waals surface area contributed by atoms with Gasteiger partial charge < -0.3 is 9.88 Å². The van der Waals surface area contributed by atoms with Crippen LogP contribution in [0.15, 0.2) is 41.9 Å². The molecule has 0 aliphatic carbocycles. The summed E-state index contributed by atoms with van der Waals surface area (Å²) in [7, 11) is 2.11. The van der Waals surface area contributed by atoms with Gasteiger partial charge in [-0.1, -0.05) is 18.2 Å². The Morgan fingerprint density at radius 1 is 1.16 bits per heavy atom. The van der Waals surface area contributed by atoms with E-state index in [1.165, 1.54) is 26.9 Å². The Bertz CT molecular complexity index is 694. The monoisotopic (exact) mass is 270 g/mol. The van der Waals surface area contributed by atoms with Gasteiger partial charge in [-0.25, -0.2) is 0 Å². The van der Waals surface area contributed by atoms with Gasteiger partial charge in [-0.2, -0.15) is 0 Å². The molecule has 2 nitrogen and oxygen atoms in total. The molecule has 0 spiro atoms. The first kappa shape index (κ1) is 12.5. The molecular weight excluding hydrogens is 252 g/mol. The van der Waals surface area contributed by atoms with E-state index < -0.39 is 0 Å². The molecule has 19 heavy (non-hydrogen) atoms. The first-order valence-corrected chi connectivity index (χ1v) is 7.40. The van der Waals surface area contributed by atoms with Gasteiger partial charge >= 0.3 is 0 Å². The van der Waals surface area contributed by atoms with Crippen LogP contribution in [-0.4, -0.2) is 4.57 Å². The normalized spacial score (nSPS) is 11.3. The lowest BCUT2D eigenvalue weighted by Gasteiger charge is -2.03. The van der Waals surface area contributed by atoms with Crippen LogP contribution in [0.25, 0.3) is 10.9 Å². The third-order valence-electron chi connectivity index (χ3n) is 3.55. The van der Waals surface area contributed by atoms with E-state index in [-0.39, 0.29) is 0 Å². The minimum atomic E-state index is 0.915. The van der Waals surface area contributed by atoms with Gasteiger partial charge in [-0.05, 0) is 35.6 Å². The van der Waals surface area contributed by atoms with Crippen LogP contribution in [0.1, 0.15) is 16.0 Å². The zero-order valence-corrected chi connectivity index (χ0v) is 12.1. The molecule has 98 valence electrons. The number of hydrogen-bond acceptors (Lipinski definition) is 2. The molecule has 0 fully saturated rings. The molecule has 0 aliphatic heterocycles. The average molecular weight is 270 g/mol. The predicted octanol–water partition coefficient (Wildman–Crippen LogP) is 3.84. The molecule has 3 heteroatoms. The molecule has 2 heterocycles. The second-order valence-electron chi connectivity index (χ2n) is 4.91. The smallest absolute Gasteiger partial charge is 0.0481 e. The summed E-state index contributed by atoms with van der Waals surface area (Å²) in [5, 5.41) is 7.05. The lowest BCUT2D eigenvalue weighted by molar-refractivity contribution is 0.700. The number of rotatable bonds is 4. The predicted molar refractivity (Wildman–Crippen MR) is 82.5 cm³/mol. The van der Waals surface area contributed by atoms with Gasteiger partial charge in [0.2, 0.25) is 0 Å². The van der Waals surface area contributed by atoms with E-state index in [4.69, 9.17) is 0 Å². The number of benzene rings is 1. The molecule has 0 amide bonds. The molecule has 0 bridgehead atoms. The molecule has 0 unspecified atom stereocenters. The molecular formula is C16H18N2S. The molecule has 0 aliphatic rings. The van der Waals surface area contributed by atoms with Crippen LogP contribution in [-0.2, 0) is 20.1 Å². The van der Waals surface area contributed by atoms with Crippen LogP contribution in [0.4, 0.5) is 0 Å². The van der Waals surface area contributed by atoms with Crippen molar-refractivity contribution in [3.63, 3.8) is 0 Å². The van der Waals surface area contributed by atoms with Gasteiger partial charge in [0.15, 0.2) is 0 Å². The summed E-state index contributed by atoms with van der Waals surface area (Å²) in [5.74, 6) is 0. The Morgan fingerprint density at radius 2 is 2.00 bits per heavy atom. The van der Waals surface area contributed by atoms with Crippen molar-refractivity contribution in [1.29, 1.82) is 0 Å². The first-order chi connectivity index (χ1) is 9.25. The SMILES string of the molecule is Cc1ccsc1CNCc1cn(C)c2ccccc12. The summed E-state index contributed by atoms with van der Waals surface area (Å²) >= 11 is 1.83. The lowest BCUT2D eigenvalue weighted by Crippen LogP contribution is -2.12.